The van der Waals surface area contributed by atoms with Crippen LogP contribution in [-0.4, -0.2) is 17.6 Å². The molecule has 0 aliphatic rings. The zero-order valence-corrected chi connectivity index (χ0v) is 15.0. The number of rotatable bonds is 5. The predicted molar refractivity (Wildman–Crippen MR) is 99.6 cm³/mol. The van der Waals surface area contributed by atoms with Crippen molar-refractivity contribution in [3.05, 3.63) is 64.1 Å². The molecule has 5 heteroatoms. The largest absolute Gasteiger partial charge is 0.383 e. The van der Waals surface area contributed by atoms with E-state index in [1.54, 1.807) is 0 Å². The molecule has 23 heavy (non-hydrogen) atoms. The number of aryl methyl sites for hydroxylation is 1. The molecule has 2 rings (SSSR count). The maximum Gasteiger partial charge on any atom is 0.193 e. The summed E-state index contributed by atoms with van der Waals surface area (Å²) in [6, 6.07) is 15.5. The zero-order chi connectivity index (χ0) is 16.9. The molecule has 4 nitrogen and oxygen atoms in total. The molecule has 0 saturated carbocycles. The number of anilines is 1. The molecule has 0 saturated heterocycles. The Morgan fingerprint density at radius 1 is 1.26 bits per heavy atom. The van der Waals surface area contributed by atoms with E-state index in [-0.39, 0.29) is 6.54 Å². The van der Waals surface area contributed by atoms with Crippen LogP contribution in [0.15, 0.2) is 58.0 Å². The van der Waals surface area contributed by atoms with Gasteiger partial charge in [0.1, 0.15) is 5.60 Å². The van der Waals surface area contributed by atoms with E-state index in [1.807, 2.05) is 62.4 Å². The number of aliphatic hydroxyl groups is 1. The van der Waals surface area contributed by atoms with E-state index in [9.17, 15) is 5.11 Å². The van der Waals surface area contributed by atoms with Gasteiger partial charge in [0.05, 0.1) is 6.54 Å². The van der Waals surface area contributed by atoms with Gasteiger partial charge >= 0.3 is 0 Å². The van der Waals surface area contributed by atoms with Crippen molar-refractivity contribution in [3.63, 3.8) is 0 Å². The summed E-state index contributed by atoms with van der Waals surface area (Å²) in [5.74, 6) is 0.291. The Balaban J connectivity index is 2.10. The van der Waals surface area contributed by atoms with Crippen molar-refractivity contribution < 1.29 is 5.11 Å². The highest BCUT2D eigenvalue weighted by molar-refractivity contribution is 9.10. The van der Waals surface area contributed by atoms with Gasteiger partial charge in [-0.1, -0.05) is 47.1 Å². The zero-order valence-electron chi connectivity index (χ0n) is 13.4. The maximum absolute atomic E-state index is 10.8. The Kier molecular flexibility index (Phi) is 5.80. The van der Waals surface area contributed by atoms with Gasteiger partial charge in [-0.05, 0) is 48.7 Å². The molecule has 0 fully saturated rings. The fraction of sp³-hybridized carbons (Fsp3) is 0.278. The Morgan fingerprint density at radius 3 is 2.57 bits per heavy atom. The van der Waals surface area contributed by atoms with Crippen molar-refractivity contribution in [1.29, 1.82) is 0 Å². The first-order valence-electron chi connectivity index (χ1n) is 7.55. The van der Waals surface area contributed by atoms with Gasteiger partial charge in [-0.2, -0.15) is 0 Å². The number of nitrogens with one attached hydrogen (secondary N) is 1. The maximum atomic E-state index is 10.8. The average Bonchev–Trinajstić information content (AvgIpc) is 2.53. The van der Waals surface area contributed by atoms with Gasteiger partial charge in [-0.15, -0.1) is 0 Å². The number of hydrogen-bond donors (Lipinski definition) is 3. The van der Waals surface area contributed by atoms with E-state index >= 15 is 0 Å². The summed E-state index contributed by atoms with van der Waals surface area (Å²) >= 11 is 3.40. The van der Waals surface area contributed by atoms with Crippen LogP contribution >= 0.6 is 15.9 Å². The Labute approximate surface area is 145 Å². The molecule has 0 bridgehead atoms. The van der Waals surface area contributed by atoms with Crippen molar-refractivity contribution in [1.82, 2.24) is 0 Å². The monoisotopic (exact) mass is 375 g/mol. The van der Waals surface area contributed by atoms with Gasteiger partial charge in [-0.25, -0.2) is 4.99 Å². The lowest BCUT2D eigenvalue weighted by atomic mass is 9.91. The summed E-state index contributed by atoms with van der Waals surface area (Å²) in [5.41, 5.74) is 7.77. The Morgan fingerprint density at radius 2 is 1.96 bits per heavy atom. The molecule has 0 aliphatic carbocycles. The summed E-state index contributed by atoms with van der Waals surface area (Å²) in [5, 5.41) is 13.9. The van der Waals surface area contributed by atoms with Crippen LogP contribution in [0.5, 0.6) is 0 Å². The van der Waals surface area contributed by atoms with Crippen LogP contribution in [0.3, 0.4) is 0 Å². The third kappa shape index (κ3) is 4.81. The fourth-order valence-electron chi connectivity index (χ4n) is 2.29. The SMILES string of the molecule is CCC(O)(CN=C(N)Nc1cccc(C)c1)c1ccc(Br)cc1. The minimum absolute atomic E-state index is 0.204. The second-order valence-electron chi connectivity index (χ2n) is 5.59. The minimum atomic E-state index is -1.03. The van der Waals surface area contributed by atoms with Crippen molar-refractivity contribution >= 4 is 27.6 Å². The molecule has 0 amide bonds. The van der Waals surface area contributed by atoms with Crippen molar-refractivity contribution in [2.45, 2.75) is 25.9 Å². The van der Waals surface area contributed by atoms with Crippen LogP contribution in [0.25, 0.3) is 0 Å². The second-order valence-corrected chi connectivity index (χ2v) is 6.50. The average molecular weight is 376 g/mol. The van der Waals surface area contributed by atoms with Crippen LogP contribution in [0.1, 0.15) is 24.5 Å². The van der Waals surface area contributed by atoms with Crippen molar-refractivity contribution in [2.24, 2.45) is 10.7 Å². The summed E-state index contributed by atoms with van der Waals surface area (Å²) in [4.78, 5) is 4.31. The summed E-state index contributed by atoms with van der Waals surface area (Å²) in [7, 11) is 0. The highest BCUT2D eigenvalue weighted by atomic mass is 79.9. The summed E-state index contributed by atoms with van der Waals surface area (Å²) in [6.07, 6.45) is 0.551. The van der Waals surface area contributed by atoms with Crippen LogP contribution in [0.4, 0.5) is 5.69 Å². The number of benzene rings is 2. The third-order valence-electron chi connectivity index (χ3n) is 3.77. The normalized spacial score (nSPS) is 14.3. The number of hydrogen-bond acceptors (Lipinski definition) is 2. The smallest absolute Gasteiger partial charge is 0.193 e. The molecule has 2 aromatic rings. The molecule has 1 atom stereocenters. The highest BCUT2D eigenvalue weighted by Gasteiger charge is 2.26. The molecule has 0 aliphatic heterocycles. The quantitative estimate of drug-likeness (QED) is 0.549. The van der Waals surface area contributed by atoms with E-state index in [4.69, 9.17) is 5.73 Å². The molecular weight excluding hydrogens is 354 g/mol. The predicted octanol–water partition coefficient (Wildman–Crippen LogP) is 3.78. The topological polar surface area (TPSA) is 70.6 Å². The molecule has 4 N–H and O–H groups in total. The Bertz CT molecular complexity index is 685. The van der Waals surface area contributed by atoms with Gasteiger partial charge in [0.15, 0.2) is 5.96 Å². The number of aliphatic imine (C=N–C) groups is 1. The first-order valence-corrected chi connectivity index (χ1v) is 8.34. The van der Waals surface area contributed by atoms with E-state index in [2.05, 4.69) is 26.2 Å². The van der Waals surface area contributed by atoms with Crippen LogP contribution in [-0.2, 0) is 5.60 Å². The molecule has 0 radical (unpaired) electrons. The molecule has 2 aromatic carbocycles. The first kappa shape index (κ1) is 17.5. The van der Waals surface area contributed by atoms with E-state index in [1.165, 1.54) is 0 Å². The van der Waals surface area contributed by atoms with Crippen molar-refractivity contribution in [2.75, 3.05) is 11.9 Å². The molecule has 0 heterocycles. The third-order valence-corrected chi connectivity index (χ3v) is 4.30. The minimum Gasteiger partial charge on any atom is -0.383 e. The fourth-order valence-corrected chi connectivity index (χ4v) is 2.56. The highest BCUT2D eigenvalue weighted by Crippen LogP contribution is 2.26. The molecule has 1 unspecified atom stereocenters. The van der Waals surface area contributed by atoms with Crippen LogP contribution < -0.4 is 11.1 Å². The lowest BCUT2D eigenvalue weighted by Crippen LogP contribution is -2.31. The number of guanidine groups is 1. The summed E-state index contributed by atoms with van der Waals surface area (Å²) < 4.78 is 0.976. The van der Waals surface area contributed by atoms with E-state index in [0.29, 0.717) is 12.4 Å². The number of nitrogens with two attached hydrogens (primary N) is 1. The van der Waals surface area contributed by atoms with Gasteiger partial charge in [0, 0.05) is 10.2 Å². The summed E-state index contributed by atoms with van der Waals surface area (Å²) in [6.45, 7) is 4.15. The number of nitrogens with zero attached hydrogens (tertiary/aromatic N) is 1. The van der Waals surface area contributed by atoms with Crippen LogP contribution in [0, 0.1) is 6.92 Å². The lowest BCUT2D eigenvalue weighted by Gasteiger charge is -2.25. The number of halogens is 1. The molecular formula is C18H22BrN3O. The first-order chi connectivity index (χ1) is 10.9. The molecule has 0 aromatic heterocycles. The van der Waals surface area contributed by atoms with Gasteiger partial charge in [0.25, 0.3) is 0 Å². The van der Waals surface area contributed by atoms with E-state index in [0.717, 1.165) is 21.3 Å². The van der Waals surface area contributed by atoms with Crippen LogP contribution in [0.2, 0.25) is 0 Å². The molecule has 122 valence electrons. The van der Waals surface area contributed by atoms with Gasteiger partial charge < -0.3 is 16.2 Å². The standard InChI is InChI=1S/C18H22BrN3O/c1-3-18(23,14-7-9-15(19)10-8-14)12-21-17(20)22-16-6-4-5-13(2)11-16/h4-11,23H,3,12H2,1-2H3,(H3,20,21,22). The van der Waals surface area contributed by atoms with Gasteiger partial charge in [-0.3, -0.25) is 0 Å². The lowest BCUT2D eigenvalue weighted by molar-refractivity contribution is 0.0424. The van der Waals surface area contributed by atoms with Crippen molar-refractivity contribution in [3.8, 4) is 0 Å². The van der Waals surface area contributed by atoms with E-state index < -0.39 is 5.60 Å². The second kappa shape index (κ2) is 7.62. The van der Waals surface area contributed by atoms with Gasteiger partial charge in [0.2, 0.25) is 0 Å². The Hall–Kier alpha value is -1.85. The molecule has 0 spiro atoms.